The van der Waals surface area contributed by atoms with E-state index in [0.717, 1.165) is 17.7 Å². The van der Waals surface area contributed by atoms with Crippen molar-refractivity contribution >= 4 is 17.2 Å². The van der Waals surface area contributed by atoms with Crippen molar-refractivity contribution in [3.8, 4) is 11.4 Å². The first-order valence-corrected chi connectivity index (χ1v) is 7.05. The Morgan fingerprint density at radius 1 is 1.47 bits per heavy atom. The maximum absolute atomic E-state index is 11.6. The first kappa shape index (κ1) is 12.3. The molecule has 6 nitrogen and oxygen atoms in total. The third-order valence-corrected chi connectivity index (χ3v) is 3.94. The summed E-state index contributed by atoms with van der Waals surface area (Å²) in [7, 11) is 0. The fraction of sp³-hybridized carbons (Fsp3) is 0.417. The summed E-state index contributed by atoms with van der Waals surface area (Å²) in [6.45, 7) is 3.44. The third kappa shape index (κ3) is 2.52. The van der Waals surface area contributed by atoms with Gasteiger partial charge < -0.3 is 15.2 Å². The van der Waals surface area contributed by atoms with Gasteiger partial charge in [0.2, 0.25) is 17.6 Å². The number of aryl methyl sites for hydroxylation is 1. The molecular weight excluding hydrogens is 264 g/mol. The molecule has 3 rings (SSSR count). The maximum Gasteiger partial charge on any atom is 0.237 e. The van der Waals surface area contributed by atoms with Gasteiger partial charge in [-0.1, -0.05) is 5.16 Å². The molecule has 7 heteroatoms. The third-order valence-electron chi connectivity index (χ3n) is 3.07. The molecule has 0 bridgehead atoms. The fourth-order valence-electron chi connectivity index (χ4n) is 2.02. The summed E-state index contributed by atoms with van der Waals surface area (Å²) >= 11 is 1.61. The Morgan fingerprint density at radius 3 is 3.11 bits per heavy atom. The van der Waals surface area contributed by atoms with E-state index in [9.17, 15) is 4.79 Å². The van der Waals surface area contributed by atoms with Crippen molar-refractivity contribution in [3.05, 3.63) is 22.2 Å². The molecule has 1 amide bonds. The molecule has 0 aliphatic carbocycles. The van der Waals surface area contributed by atoms with Crippen molar-refractivity contribution in [1.82, 2.24) is 20.8 Å². The van der Waals surface area contributed by atoms with Crippen LogP contribution in [0.25, 0.3) is 11.4 Å². The van der Waals surface area contributed by atoms with E-state index in [-0.39, 0.29) is 11.9 Å². The van der Waals surface area contributed by atoms with E-state index in [1.165, 1.54) is 0 Å². The number of nitrogens with one attached hydrogen (secondary N) is 2. The van der Waals surface area contributed by atoms with Crippen LogP contribution in [0, 0.1) is 6.92 Å². The highest BCUT2D eigenvalue weighted by atomic mass is 32.1. The molecular formula is C12H14N4O2S. The standard InChI is InChI=1S/C12H14N4O2S/c1-7-5-19-6-8(7)11-15-10(18-16-11)4-9-12(17)14-3-2-13-9/h5-6,9,13H,2-4H2,1H3,(H,14,17). The molecule has 0 aromatic carbocycles. The summed E-state index contributed by atoms with van der Waals surface area (Å²) in [6.07, 6.45) is 0.419. The zero-order valence-electron chi connectivity index (χ0n) is 10.5. The van der Waals surface area contributed by atoms with Gasteiger partial charge in [0, 0.05) is 24.0 Å². The molecule has 0 radical (unpaired) electrons. The van der Waals surface area contributed by atoms with Gasteiger partial charge >= 0.3 is 0 Å². The molecule has 0 saturated carbocycles. The average Bonchev–Trinajstić information content (AvgIpc) is 3.01. The fourth-order valence-corrected chi connectivity index (χ4v) is 2.85. The van der Waals surface area contributed by atoms with Gasteiger partial charge in [0.05, 0.1) is 12.5 Å². The zero-order chi connectivity index (χ0) is 13.2. The minimum Gasteiger partial charge on any atom is -0.353 e. The van der Waals surface area contributed by atoms with Gasteiger partial charge in [-0.25, -0.2) is 0 Å². The normalized spacial score (nSPS) is 19.4. The monoisotopic (exact) mass is 278 g/mol. The number of rotatable bonds is 3. The molecule has 1 aliphatic rings. The molecule has 1 saturated heterocycles. The quantitative estimate of drug-likeness (QED) is 0.865. The Kier molecular flexibility index (Phi) is 3.31. The zero-order valence-corrected chi connectivity index (χ0v) is 11.3. The highest BCUT2D eigenvalue weighted by Crippen LogP contribution is 2.24. The lowest BCUT2D eigenvalue weighted by Gasteiger charge is -2.21. The lowest BCUT2D eigenvalue weighted by atomic mass is 10.1. The summed E-state index contributed by atoms with van der Waals surface area (Å²) in [5.41, 5.74) is 2.12. The molecule has 2 aromatic heterocycles. The molecule has 1 aliphatic heterocycles. The largest absolute Gasteiger partial charge is 0.353 e. The Bertz CT molecular complexity index is 592. The van der Waals surface area contributed by atoms with Crippen LogP contribution in [0.5, 0.6) is 0 Å². The number of aromatic nitrogens is 2. The number of hydrogen-bond donors (Lipinski definition) is 2. The first-order valence-electron chi connectivity index (χ1n) is 6.11. The van der Waals surface area contributed by atoms with E-state index in [1.54, 1.807) is 11.3 Å². The van der Waals surface area contributed by atoms with Gasteiger partial charge in [0.25, 0.3) is 0 Å². The van der Waals surface area contributed by atoms with Gasteiger partial charge in [0.1, 0.15) is 0 Å². The molecule has 2 N–H and O–H groups in total. The summed E-state index contributed by atoms with van der Waals surface area (Å²) in [5.74, 6) is 1.05. The summed E-state index contributed by atoms with van der Waals surface area (Å²) < 4.78 is 5.22. The number of amides is 1. The highest BCUT2D eigenvalue weighted by Gasteiger charge is 2.24. The van der Waals surface area contributed by atoms with Crippen molar-refractivity contribution in [1.29, 1.82) is 0 Å². The van der Waals surface area contributed by atoms with Crippen LogP contribution in [0.15, 0.2) is 15.3 Å². The Labute approximate surface area is 114 Å². The van der Waals surface area contributed by atoms with Crippen LogP contribution in [0.3, 0.4) is 0 Å². The van der Waals surface area contributed by atoms with E-state index >= 15 is 0 Å². The predicted octanol–water partition coefficient (Wildman–Crippen LogP) is 0.737. The van der Waals surface area contributed by atoms with Crippen LogP contribution in [0.4, 0.5) is 0 Å². The number of hydrogen-bond acceptors (Lipinski definition) is 6. The van der Waals surface area contributed by atoms with Crippen LogP contribution in [-0.2, 0) is 11.2 Å². The van der Waals surface area contributed by atoms with Crippen LogP contribution in [0.1, 0.15) is 11.5 Å². The molecule has 2 aromatic rings. The van der Waals surface area contributed by atoms with E-state index in [4.69, 9.17) is 4.52 Å². The van der Waals surface area contributed by atoms with Gasteiger partial charge in [-0.2, -0.15) is 16.3 Å². The lowest BCUT2D eigenvalue weighted by molar-refractivity contribution is -0.124. The van der Waals surface area contributed by atoms with Gasteiger partial charge in [-0.3, -0.25) is 4.79 Å². The van der Waals surface area contributed by atoms with Crippen LogP contribution in [0.2, 0.25) is 0 Å². The second-order valence-corrected chi connectivity index (χ2v) is 5.23. The summed E-state index contributed by atoms with van der Waals surface area (Å²) in [6, 6.07) is -0.286. The van der Waals surface area contributed by atoms with Gasteiger partial charge in [-0.15, -0.1) is 0 Å². The van der Waals surface area contributed by atoms with E-state index < -0.39 is 0 Å². The molecule has 19 heavy (non-hydrogen) atoms. The van der Waals surface area contributed by atoms with E-state index in [0.29, 0.717) is 24.7 Å². The smallest absolute Gasteiger partial charge is 0.237 e. The molecule has 1 fully saturated rings. The molecule has 100 valence electrons. The summed E-state index contributed by atoms with van der Waals surface area (Å²) in [4.78, 5) is 16.0. The topological polar surface area (TPSA) is 80.0 Å². The number of carbonyl (C=O) groups is 1. The molecule has 0 spiro atoms. The Morgan fingerprint density at radius 2 is 2.37 bits per heavy atom. The average molecular weight is 278 g/mol. The molecule has 3 heterocycles. The number of thiophene rings is 1. The van der Waals surface area contributed by atoms with Crippen LogP contribution >= 0.6 is 11.3 Å². The second-order valence-electron chi connectivity index (χ2n) is 4.48. The van der Waals surface area contributed by atoms with E-state index in [2.05, 4.69) is 20.8 Å². The molecule has 1 atom stereocenters. The van der Waals surface area contributed by atoms with Crippen molar-refractivity contribution in [2.45, 2.75) is 19.4 Å². The summed E-state index contributed by atoms with van der Waals surface area (Å²) in [5, 5.41) is 14.0. The Balaban J connectivity index is 1.75. The highest BCUT2D eigenvalue weighted by molar-refractivity contribution is 7.08. The first-order chi connectivity index (χ1) is 9.24. The van der Waals surface area contributed by atoms with Crippen molar-refractivity contribution in [3.63, 3.8) is 0 Å². The van der Waals surface area contributed by atoms with Gasteiger partial charge in [-0.05, 0) is 17.9 Å². The lowest BCUT2D eigenvalue weighted by Crippen LogP contribution is -2.53. The molecule has 1 unspecified atom stereocenters. The predicted molar refractivity (Wildman–Crippen MR) is 70.9 cm³/mol. The van der Waals surface area contributed by atoms with Crippen LogP contribution < -0.4 is 10.6 Å². The number of carbonyl (C=O) groups excluding carboxylic acids is 1. The van der Waals surface area contributed by atoms with Crippen molar-refractivity contribution in [2.75, 3.05) is 13.1 Å². The number of nitrogens with zero attached hydrogens (tertiary/aromatic N) is 2. The van der Waals surface area contributed by atoms with Gasteiger partial charge in [0.15, 0.2) is 0 Å². The van der Waals surface area contributed by atoms with Crippen molar-refractivity contribution in [2.24, 2.45) is 0 Å². The van der Waals surface area contributed by atoms with E-state index in [1.807, 2.05) is 17.7 Å². The minimum absolute atomic E-state index is 0.0160. The minimum atomic E-state index is -0.286. The maximum atomic E-state index is 11.6. The van der Waals surface area contributed by atoms with Crippen LogP contribution in [-0.4, -0.2) is 35.2 Å². The second kappa shape index (κ2) is 5.10. The number of piperazine rings is 1. The SMILES string of the molecule is Cc1cscc1-c1noc(CC2NCCNC2=O)n1. The van der Waals surface area contributed by atoms with Crippen molar-refractivity contribution < 1.29 is 9.32 Å². The Hall–Kier alpha value is -1.73.